The van der Waals surface area contributed by atoms with Crippen molar-refractivity contribution in [2.24, 2.45) is 0 Å². The van der Waals surface area contributed by atoms with Gasteiger partial charge in [0.05, 0.1) is 11.1 Å². The summed E-state index contributed by atoms with van der Waals surface area (Å²) in [6.45, 7) is 0. The van der Waals surface area contributed by atoms with E-state index in [1.54, 1.807) is 0 Å². The van der Waals surface area contributed by atoms with Crippen molar-refractivity contribution in [2.45, 2.75) is 12.8 Å². The molecule has 0 aromatic carbocycles. The molecule has 0 aliphatic heterocycles. The first-order valence-electron chi connectivity index (χ1n) is 4.07. The second-order valence-corrected chi connectivity index (χ2v) is 2.85. The Morgan fingerprint density at radius 3 is 2.33 bits per heavy atom. The van der Waals surface area contributed by atoms with Gasteiger partial charge in [-0.25, -0.2) is 8.78 Å². The SMILES string of the molecule is O=c1[nH]cc([N+](=O)[O-])c(OC(F)(F)F)c1C(F)F. The Kier molecular flexibility index (Phi) is 3.53. The van der Waals surface area contributed by atoms with Crippen molar-refractivity contribution in [3.63, 3.8) is 0 Å². The number of hydrogen-bond acceptors (Lipinski definition) is 4. The van der Waals surface area contributed by atoms with Gasteiger partial charge in [0.2, 0.25) is 5.75 Å². The molecule has 0 fully saturated rings. The van der Waals surface area contributed by atoms with E-state index in [1.807, 2.05) is 0 Å². The van der Waals surface area contributed by atoms with E-state index in [0.29, 0.717) is 0 Å². The third-order valence-corrected chi connectivity index (χ3v) is 1.69. The number of ether oxygens (including phenoxy) is 1. The molecule has 11 heteroatoms. The van der Waals surface area contributed by atoms with Crippen LogP contribution in [-0.4, -0.2) is 16.3 Å². The molecule has 6 nitrogen and oxygen atoms in total. The highest BCUT2D eigenvalue weighted by molar-refractivity contribution is 5.49. The molecule has 0 aliphatic rings. The second-order valence-electron chi connectivity index (χ2n) is 2.85. The second kappa shape index (κ2) is 4.58. The van der Waals surface area contributed by atoms with Crippen LogP contribution in [0.15, 0.2) is 11.0 Å². The Hall–Kier alpha value is -2.20. The number of hydrogen-bond donors (Lipinski definition) is 1. The molecule has 1 aromatic rings. The molecule has 0 saturated heterocycles. The van der Waals surface area contributed by atoms with E-state index in [0.717, 1.165) is 0 Å². The van der Waals surface area contributed by atoms with Gasteiger partial charge in [-0.05, 0) is 0 Å². The van der Waals surface area contributed by atoms with Gasteiger partial charge in [-0.1, -0.05) is 0 Å². The van der Waals surface area contributed by atoms with Crippen LogP contribution in [0.2, 0.25) is 0 Å². The molecule has 1 rings (SSSR count). The lowest BCUT2D eigenvalue weighted by molar-refractivity contribution is -0.389. The zero-order valence-corrected chi connectivity index (χ0v) is 8.12. The van der Waals surface area contributed by atoms with Crippen LogP contribution in [-0.2, 0) is 0 Å². The summed E-state index contributed by atoms with van der Waals surface area (Å²) in [6.07, 6.45) is -8.86. The zero-order valence-electron chi connectivity index (χ0n) is 8.12. The highest BCUT2D eigenvalue weighted by Crippen LogP contribution is 2.37. The topological polar surface area (TPSA) is 85.2 Å². The molecule has 1 aromatic heterocycles. The lowest BCUT2D eigenvalue weighted by atomic mass is 10.2. The van der Waals surface area contributed by atoms with Crippen molar-refractivity contribution in [1.29, 1.82) is 0 Å². The van der Waals surface area contributed by atoms with E-state index in [-0.39, 0.29) is 6.20 Å². The normalized spacial score (nSPS) is 11.7. The fraction of sp³-hybridized carbons (Fsp3) is 0.286. The predicted molar refractivity (Wildman–Crippen MR) is 45.4 cm³/mol. The van der Waals surface area contributed by atoms with E-state index in [2.05, 4.69) is 4.74 Å². The van der Waals surface area contributed by atoms with Crippen molar-refractivity contribution in [2.75, 3.05) is 0 Å². The third kappa shape index (κ3) is 2.93. The molecule has 1 heterocycles. The minimum Gasteiger partial charge on any atom is -0.398 e. The number of pyridine rings is 1. The molecule has 0 radical (unpaired) electrons. The molecule has 0 unspecified atom stereocenters. The first-order chi connectivity index (χ1) is 8.13. The molecule has 0 amide bonds. The average Bonchev–Trinajstić information content (AvgIpc) is 2.13. The first kappa shape index (κ1) is 13.9. The Morgan fingerprint density at radius 1 is 1.39 bits per heavy atom. The summed E-state index contributed by atoms with van der Waals surface area (Å²) in [5.41, 5.74) is -4.77. The van der Waals surface area contributed by atoms with Crippen molar-refractivity contribution in [1.82, 2.24) is 4.98 Å². The van der Waals surface area contributed by atoms with Crippen molar-refractivity contribution in [3.05, 3.63) is 32.2 Å². The van der Waals surface area contributed by atoms with Crippen LogP contribution in [0.4, 0.5) is 27.6 Å². The van der Waals surface area contributed by atoms with Gasteiger partial charge in [-0.15, -0.1) is 13.2 Å². The number of nitro groups is 1. The number of nitrogens with zero attached hydrogens (tertiary/aromatic N) is 1. The number of H-pyrrole nitrogens is 1. The molecular formula is C7H3F5N2O4. The smallest absolute Gasteiger partial charge is 0.398 e. The average molecular weight is 274 g/mol. The predicted octanol–water partition coefficient (Wildman–Crippen LogP) is 2.12. The Morgan fingerprint density at radius 2 is 1.94 bits per heavy atom. The van der Waals surface area contributed by atoms with Crippen LogP contribution in [0.25, 0.3) is 0 Å². The Labute approximate surface area is 94.1 Å². The fourth-order valence-corrected chi connectivity index (χ4v) is 1.08. The standard InChI is InChI=1S/C7H3F5N2O4/c8-5(9)3-4(18-7(10,11)12)2(14(16)17)1-13-6(3)15/h1,5H,(H,13,15). The summed E-state index contributed by atoms with van der Waals surface area (Å²) in [5.74, 6) is -1.81. The summed E-state index contributed by atoms with van der Waals surface area (Å²) in [7, 11) is 0. The summed E-state index contributed by atoms with van der Waals surface area (Å²) in [6, 6.07) is 0. The van der Waals surface area contributed by atoms with Gasteiger partial charge < -0.3 is 9.72 Å². The van der Waals surface area contributed by atoms with E-state index in [4.69, 9.17) is 0 Å². The van der Waals surface area contributed by atoms with Crippen molar-refractivity contribution in [3.8, 4) is 5.75 Å². The summed E-state index contributed by atoms with van der Waals surface area (Å²) >= 11 is 0. The van der Waals surface area contributed by atoms with Crippen LogP contribution < -0.4 is 10.3 Å². The maximum absolute atomic E-state index is 12.4. The van der Waals surface area contributed by atoms with Crippen molar-refractivity contribution < 1.29 is 31.6 Å². The summed E-state index contributed by atoms with van der Waals surface area (Å²) in [5, 5.41) is 10.4. The number of rotatable bonds is 3. The Bertz CT molecular complexity index is 524. The van der Waals surface area contributed by atoms with Gasteiger partial charge in [0.25, 0.3) is 12.0 Å². The van der Waals surface area contributed by atoms with Crippen LogP contribution in [0.1, 0.15) is 12.0 Å². The van der Waals surface area contributed by atoms with Gasteiger partial charge in [0.1, 0.15) is 5.56 Å². The molecular weight excluding hydrogens is 271 g/mol. The van der Waals surface area contributed by atoms with Crippen LogP contribution >= 0.6 is 0 Å². The lowest BCUT2D eigenvalue weighted by Gasteiger charge is -2.11. The van der Waals surface area contributed by atoms with Gasteiger partial charge in [-0.2, -0.15) is 0 Å². The van der Waals surface area contributed by atoms with Crippen LogP contribution in [0, 0.1) is 10.1 Å². The van der Waals surface area contributed by atoms with Gasteiger partial charge in [0, 0.05) is 0 Å². The fourth-order valence-electron chi connectivity index (χ4n) is 1.08. The number of aromatic nitrogens is 1. The quantitative estimate of drug-likeness (QED) is 0.519. The maximum atomic E-state index is 12.4. The van der Waals surface area contributed by atoms with Gasteiger partial charge in [-0.3, -0.25) is 14.9 Å². The van der Waals surface area contributed by atoms with E-state index in [1.165, 1.54) is 4.98 Å². The highest BCUT2D eigenvalue weighted by atomic mass is 19.4. The number of alkyl halides is 5. The number of halogens is 5. The maximum Gasteiger partial charge on any atom is 0.573 e. The molecule has 100 valence electrons. The van der Waals surface area contributed by atoms with Crippen molar-refractivity contribution >= 4 is 5.69 Å². The zero-order chi connectivity index (χ0) is 14.1. The molecule has 0 bridgehead atoms. The molecule has 0 saturated carbocycles. The third-order valence-electron chi connectivity index (χ3n) is 1.69. The number of aromatic amines is 1. The largest absolute Gasteiger partial charge is 0.573 e. The molecule has 0 spiro atoms. The van der Waals surface area contributed by atoms with Gasteiger partial charge in [0.15, 0.2) is 0 Å². The summed E-state index contributed by atoms with van der Waals surface area (Å²) in [4.78, 5) is 21.5. The van der Waals surface area contributed by atoms with E-state index < -0.39 is 40.3 Å². The van der Waals surface area contributed by atoms with E-state index in [9.17, 15) is 36.9 Å². The first-order valence-corrected chi connectivity index (χ1v) is 4.07. The van der Waals surface area contributed by atoms with Gasteiger partial charge >= 0.3 is 12.0 Å². The van der Waals surface area contributed by atoms with E-state index >= 15 is 0 Å². The molecule has 0 atom stereocenters. The summed E-state index contributed by atoms with van der Waals surface area (Å²) < 4.78 is 63.8. The van der Waals surface area contributed by atoms with Crippen LogP contribution in [0.5, 0.6) is 5.75 Å². The minimum absolute atomic E-state index is 0.245. The highest BCUT2D eigenvalue weighted by Gasteiger charge is 2.38. The lowest BCUT2D eigenvalue weighted by Crippen LogP contribution is -2.23. The minimum atomic E-state index is -5.44. The van der Waals surface area contributed by atoms with Crippen LogP contribution in [0.3, 0.4) is 0 Å². The monoisotopic (exact) mass is 274 g/mol. The number of nitrogens with one attached hydrogen (secondary N) is 1. The molecule has 1 N–H and O–H groups in total. The molecule has 18 heavy (non-hydrogen) atoms. The Balaban J connectivity index is 3.54. The molecule has 0 aliphatic carbocycles.